The van der Waals surface area contributed by atoms with Crippen LogP contribution in [0.1, 0.15) is 12.0 Å². The molecule has 1 aliphatic heterocycles. The standard InChI is InChI=1S/C12H13ClN2O3/c1-8-2-3-10(5-11(8)15(17)18)14-7-9(6-13)4-12(14)16/h2-3,5,9H,4,6-7H2,1H3. The van der Waals surface area contributed by atoms with Gasteiger partial charge >= 0.3 is 0 Å². The SMILES string of the molecule is Cc1ccc(N2CC(CCl)CC2=O)cc1[N+](=O)[O-]. The van der Waals surface area contributed by atoms with E-state index in [2.05, 4.69) is 0 Å². The van der Waals surface area contributed by atoms with E-state index in [0.29, 0.717) is 30.1 Å². The summed E-state index contributed by atoms with van der Waals surface area (Å²) in [5.74, 6) is 0.522. The third-order valence-electron chi connectivity index (χ3n) is 3.12. The summed E-state index contributed by atoms with van der Waals surface area (Å²) in [6.07, 6.45) is 0.408. The number of anilines is 1. The van der Waals surface area contributed by atoms with Gasteiger partial charge in [0, 0.05) is 30.5 Å². The normalized spacial score (nSPS) is 19.3. The fourth-order valence-corrected chi connectivity index (χ4v) is 2.30. The van der Waals surface area contributed by atoms with E-state index in [-0.39, 0.29) is 17.5 Å². The van der Waals surface area contributed by atoms with Crippen molar-refractivity contribution in [2.45, 2.75) is 13.3 Å². The summed E-state index contributed by atoms with van der Waals surface area (Å²) in [4.78, 5) is 23.8. The maximum Gasteiger partial charge on any atom is 0.274 e. The zero-order valence-electron chi connectivity index (χ0n) is 9.93. The van der Waals surface area contributed by atoms with Gasteiger partial charge in [-0.15, -0.1) is 11.6 Å². The van der Waals surface area contributed by atoms with Crippen LogP contribution in [0.25, 0.3) is 0 Å². The van der Waals surface area contributed by atoms with Crippen molar-refractivity contribution in [1.82, 2.24) is 0 Å². The summed E-state index contributed by atoms with van der Waals surface area (Å²) in [5, 5.41) is 10.9. The minimum absolute atomic E-state index is 0.0289. The number of hydrogen-bond acceptors (Lipinski definition) is 3. The smallest absolute Gasteiger partial charge is 0.274 e. The third kappa shape index (κ3) is 2.31. The second-order valence-corrected chi connectivity index (χ2v) is 4.77. The van der Waals surface area contributed by atoms with Crippen LogP contribution in [0.5, 0.6) is 0 Å². The molecule has 0 radical (unpaired) electrons. The molecule has 0 spiro atoms. The summed E-state index contributed by atoms with van der Waals surface area (Å²) < 4.78 is 0. The van der Waals surface area contributed by atoms with Crippen molar-refractivity contribution < 1.29 is 9.72 Å². The first kappa shape index (κ1) is 12.8. The molecule has 0 bridgehead atoms. The average Bonchev–Trinajstić information content (AvgIpc) is 2.71. The van der Waals surface area contributed by atoms with Gasteiger partial charge in [-0.25, -0.2) is 0 Å². The molecule has 96 valence electrons. The Labute approximate surface area is 109 Å². The highest BCUT2D eigenvalue weighted by molar-refractivity contribution is 6.18. The molecule has 18 heavy (non-hydrogen) atoms. The number of amides is 1. The topological polar surface area (TPSA) is 63.5 Å². The summed E-state index contributed by atoms with van der Waals surface area (Å²) in [6, 6.07) is 4.84. The van der Waals surface area contributed by atoms with Crippen molar-refractivity contribution >= 4 is 28.9 Å². The van der Waals surface area contributed by atoms with Gasteiger partial charge in [0.2, 0.25) is 5.91 Å². The Bertz CT molecular complexity index is 504. The van der Waals surface area contributed by atoms with E-state index in [1.807, 2.05) is 0 Å². The van der Waals surface area contributed by atoms with Crippen molar-refractivity contribution in [3.8, 4) is 0 Å². The van der Waals surface area contributed by atoms with Gasteiger partial charge in [-0.1, -0.05) is 6.07 Å². The van der Waals surface area contributed by atoms with Crippen molar-refractivity contribution in [3.05, 3.63) is 33.9 Å². The molecule has 1 saturated heterocycles. The van der Waals surface area contributed by atoms with E-state index in [9.17, 15) is 14.9 Å². The van der Waals surface area contributed by atoms with Crippen LogP contribution in [0.3, 0.4) is 0 Å². The number of carbonyl (C=O) groups is 1. The number of rotatable bonds is 3. The second-order valence-electron chi connectivity index (χ2n) is 4.46. The van der Waals surface area contributed by atoms with Crippen LogP contribution < -0.4 is 4.90 Å². The van der Waals surface area contributed by atoms with Crippen molar-refractivity contribution in [2.24, 2.45) is 5.92 Å². The Kier molecular flexibility index (Phi) is 3.52. The molecule has 5 nitrogen and oxygen atoms in total. The predicted molar refractivity (Wildman–Crippen MR) is 69.0 cm³/mol. The minimum Gasteiger partial charge on any atom is -0.312 e. The number of carbonyl (C=O) groups excluding carboxylic acids is 1. The lowest BCUT2D eigenvalue weighted by molar-refractivity contribution is -0.385. The molecule has 6 heteroatoms. The molecule has 0 aromatic heterocycles. The molecule has 1 unspecified atom stereocenters. The molecule has 0 aliphatic carbocycles. The number of nitrogens with zero attached hydrogens (tertiary/aromatic N) is 2. The molecule has 1 aromatic carbocycles. The first-order valence-electron chi connectivity index (χ1n) is 5.64. The molecular weight excluding hydrogens is 256 g/mol. The Hall–Kier alpha value is -1.62. The molecule has 1 atom stereocenters. The lowest BCUT2D eigenvalue weighted by Gasteiger charge is -2.16. The van der Waals surface area contributed by atoms with Gasteiger partial charge in [-0.05, 0) is 18.9 Å². The molecule has 1 aliphatic rings. The van der Waals surface area contributed by atoms with E-state index < -0.39 is 4.92 Å². The van der Waals surface area contributed by atoms with E-state index >= 15 is 0 Å². The van der Waals surface area contributed by atoms with Crippen LogP contribution in [0, 0.1) is 23.0 Å². The van der Waals surface area contributed by atoms with Crippen LogP contribution >= 0.6 is 11.6 Å². The lowest BCUT2D eigenvalue weighted by atomic mass is 10.1. The fraction of sp³-hybridized carbons (Fsp3) is 0.417. The van der Waals surface area contributed by atoms with Gasteiger partial charge in [-0.2, -0.15) is 0 Å². The Balaban J connectivity index is 2.32. The maximum atomic E-state index is 11.8. The zero-order chi connectivity index (χ0) is 13.3. The Morgan fingerprint density at radius 3 is 2.83 bits per heavy atom. The Morgan fingerprint density at radius 2 is 2.28 bits per heavy atom. The first-order chi connectivity index (χ1) is 8.52. The van der Waals surface area contributed by atoms with Crippen LogP contribution in [0.2, 0.25) is 0 Å². The highest BCUT2D eigenvalue weighted by Crippen LogP contribution is 2.30. The molecule has 1 aromatic rings. The van der Waals surface area contributed by atoms with Crippen molar-refractivity contribution in [2.75, 3.05) is 17.3 Å². The van der Waals surface area contributed by atoms with Gasteiger partial charge < -0.3 is 4.90 Å². The summed E-state index contributed by atoms with van der Waals surface area (Å²) in [5.41, 5.74) is 1.20. The van der Waals surface area contributed by atoms with Crippen molar-refractivity contribution in [1.29, 1.82) is 0 Å². The van der Waals surface area contributed by atoms with Gasteiger partial charge in [0.05, 0.1) is 10.6 Å². The number of benzene rings is 1. The van der Waals surface area contributed by atoms with Crippen LogP contribution in [-0.4, -0.2) is 23.3 Å². The number of nitro groups is 1. The number of halogens is 1. The fourth-order valence-electron chi connectivity index (χ4n) is 2.10. The number of alkyl halides is 1. The van der Waals surface area contributed by atoms with Gasteiger partial charge in [-0.3, -0.25) is 14.9 Å². The molecule has 1 fully saturated rings. The van der Waals surface area contributed by atoms with Gasteiger partial charge in [0.25, 0.3) is 5.69 Å². The van der Waals surface area contributed by atoms with E-state index in [1.165, 1.54) is 6.07 Å². The average molecular weight is 269 g/mol. The Morgan fingerprint density at radius 1 is 1.56 bits per heavy atom. The minimum atomic E-state index is -0.432. The summed E-state index contributed by atoms with van der Waals surface area (Å²) in [6.45, 7) is 2.21. The molecule has 1 heterocycles. The first-order valence-corrected chi connectivity index (χ1v) is 6.17. The monoisotopic (exact) mass is 268 g/mol. The largest absolute Gasteiger partial charge is 0.312 e. The quantitative estimate of drug-likeness (QED) is 0.481. The molecule has 0 N–H and O–H groups in total. The number of hydrogen-bond donors (Lipinski definition) is 0. The zero-order valence-corrected chi connectivity index (χ0v) is 10.7. The summed E-state index contributed by atoms with van der Waals surface area (Å²) >= 11 is 5.75. The van der Waals surface area contributed by atoms with Crippen molar-refractivity contribution in [3.63, 3.8) is 0 Å². The van der Waals surface area contributed by atoms with Gasteiger partial charge in [0.1, 0.15) is 0 Å². The predicted octanol–water partition coefficient (Wildman–Crippen LogP) is 2.49. The molecule has 2 rings (SSSR count). The van der Waals surface area contributed by atoms with Crippen LogP contribution in [0.4, 0.5) is 11.4 Å². The molecule has 1 amide bonds. The molecule has 0 saturated carbocycles. The number of aryl methyl sites for hydroxylation is 1. The van der Waals surface area contributed by atoms with Crippen LogP contribution in [0.15, 0.2) is 18.2 Å². The molecular formula is C12H13ClN2O3. The van der Waals surface area contributed by atoms with E-state index in [4.69, 9.17) is 11.6 Å². The van der Waals surface area contributed by atoms with E-state index in [1.54, 1.807) is 24.0 Å². The second kappa shape index (κ2) is 4.94. The highest BCUT2D eigenvalue weighted by Gasteiger charge is 2.30. The van der Waals surface area contributed by atoms with E-state index in [0.717, 1.165) is 0 Å². The summed E-state index contributed by atoms with van der Waals surface area (Å²) in [7, 11) is 0. The lowest BCUT2D eigenvalue weighted by Crippen LogP contribution is -2.24. The van der Waals surface area contributed by atoms with Crippen LogP contribution in [-0.2, 0) is 4.79 Å². The third-order valence-corrected chi connectivity index (χ3v) is 3.56. The van der Waals surface area contributed by atoms with Gasteiger partial charge in [0.15, 0.2) is 0 Å². The number of nitro benzene ring substituents is 1. The highest BCUT2D eigenvalue weighted by atomic mass is 35.5. The maximum absolute atomic E-state index is 11.8.